The highest BCUT2D eigenvalue weighted by molar-refractivity contribution is 5.44. The zero-order valence-corrected chi connectivity index (χ0v) is 14.0. The van der Waals surface area contributed by atoms with E-state index < -0.39 is 0 Å². The van der Waals surface area contributed by atoms with Crippen molar-refractivity contribution in [1.29, 1.82) is 0 Å². The van der Waals surface area contributed by atoms with Gasteiger partial charge in [0.05, 0.1) is 6.61 Å². The Kier molecular flexibility index (Phi) is 5.15. The van der Waals surface area contributed by atoms with Crippen molar-refractivity contribution in [3.05, 3.63) is 23.8 Å². The van der Waals surface area contributed by atoms with E-state index in [0.29, 0.717) is 12.0 Å². The smallest absolute Gasteiger partial charge is 0.128 e. The van der Waals surface area contributed by atoms with E-state index in [2.05, 4.69) is 51.2 Å². The van der Waals surface area contributed by atoms with Gasteiger partial charge in [0.2, 0.25) is 0 Å². The zero-order valence-electron chi connectivity index (χ0n) is 14.0. The lowest BCUT2D eigenvalue weighted by Gasteiger charge is -2.41. The lowest BCUT2D eigenvalue weighted by Crippen LogP contribution is -2.42. The molecular weight excluding hydrogens is 262 g/mol. The topological polar surface area (TPSA) is 30.5 Å². The molecular formula is C18H29NO2. The van der Waals surface area contributed by atoms with Crippen molar-refractivity contribution in [2.45, 2.75) is 58.6 Å². The molecule has 1 unspecified atom stereocenters. The van der Waals surface area contributed by atoms with Crippen LogP contribution in [-0.4, -0.2) is 19.3 Å². The molecule has 0 aromatic heterocycles. The van der Waals surface area contributed by atoms with Crippen LogP contribution in [0.4, 0.5) is 0 Å². The highest BCUT2D eigenvalue weighted by Crippen LogP contribution is 2.43. The third-order valence-electron chi connectivity index (χ3n) is 4.48. The van der Waals surface area contributed by atoms with Crippen LogP contribution in [0.15, 0.2) is 18.2 Å². The van der Waals surface area contributed by atoms with E-state index in [1.807, 2.05) is 7.05 Å². The maximum absolute atomic E-state index is 6.38. The monoisotopic (exact) mass is 291 g/mol. The molecule has 0 aliphatic carbocycles. The first-order valence-corrected chi connectivity index (χ1v) is 8.16. The van der Waals surface area contributed by atoms with E-state index in [-0.39, 0.29) is 5.60 Å². The van der Waals surface area contributed by atoms with Crippen molar-refractivity contribution in [2.75, 3.05) is 13.7 Å². The van der Waals surface area contributed by atoms with Crippen LogP contribution < -0.4 is 14.8 Å². The Morgan fingerprint density at radius 3 is 2.62 bits per heavy atom. The second-order valence-corrected chi connectivity index (χ2v) is 6.44. The Labute approximate surface area is 129 Å². The molecule has 1 N–H and O–H groups in total. The van der Waals surface area contributed by atoms with Gasteiger partial charge >= 0.3 is 0 Å². The fraction of sp³-hybridized carbons (Fsp3) is 0.667. The molecule has 21 heavy (non-hydrogen) atoms. The molecule has 118 valence electrons. The van der Waals surface area contributed by atoms with Gasteiger partial charge in [0, 0.05) is 24.1 Å². The van der Waals surface area contributed by atoms with Crippen molar-refractivity contribution < 1.29 is 9.47 Å². The van der Waals surface area contributed by atoms with Gasteiger partial charge in [-0.3, -0.25) is 0 Å². The second-order valence-electron chi connectivity index (χ2n) is 6.44. The first-order chi connectivity index (χ1) is 10.0. The average molecular weight is 291 g/mol. The molecule has 1 aliphatic rings. The summed E-state index contributed by atoms with van der Waals surface area (Å²) in [5.41, 5.74) is 1.18. The van der Waals surface area contributed by atoms with Gasteiger partial charge in [-0.2, -0.15) is 0 Å². The van der Waals surface area contributed by atoms with Crippen LogP contribution in [0.3, 0.4) is 0 Å². The maximum Gasteiger partial charge on any atom is 0.128 e. The third-order valence-corrected chi connectivity index (χ3v) is 4.48. The normalized spacial score (nSPS) is 20.0. The molecule has 0 fully saturated rings. The van der Waals surface area contributed by atoms with Gasteiger partial charge in [-0.05, 0) is 31.9 Å². The Hall–Kier alpha value is -1.22. The molecule has 0 amide bonds. The maximum atomic E-state index is 6.38. The molecule has 3 nitrogen and oxygen atoms in total. The highest BCUT2D eigenvalue weighted by atomic mass is 16.5. The minimum atomic E-state index is -0.0582. The average Bonchev–Trinajstić information content (AvgIpc) is 2.51. The number of fused-ring (bicyclic) bond motifs is 1. The van der Waals surface area contributed by atoms with Crippen molar-refractivity contribution >= 4 is 0 Å². The van der Waals surface area contributed by atoms with Gasteiger partial charge < -0.3 is 14.8 Å². The molecule has 0 radical (unpaired) electrons. The van der Waals surface area contributed by atoms with Gasteiger partial charge in [-0.1, -0.05) is 33.8 Å². The number of ether oxygens (including phenoxy) is 2. The SMILES string of the molecule is CCC1(CC)CC(NC)c2ccc(OCC(C)C)cc2O1. The molecule has 2 rings (SSSR count). The summed E-state index contributed by atoms with van der Waals surface area (Å²) < 4.78 is 12.2. The number of benzene rings is 1. The Morgan fingerprint density at radius 1 is 1.33 bits per heavy atom. The summed E-state index contributed by atoms with van der Waals surface area (Å²) >= 11 is 0. The van der Waals surface area contributed by atoms with Crippen molar-refractivity contribution in [1.82, 2.24) is 5.32 Å². The fourth-order valence-electron chi connectivity index (χ4n) is 2.94. The second kappa shape index (κ2) is 6.69. The van der Waals surface area contributed by atoms with Gasteiger partial charge in [0.1, 0.15) is 17.1 Å². The lowest BCUT2D eigenvalue weighted by atomic mass is 9.83. The Balaban J connectivity index is 2.28. The minimum Gasteiger partial charge on any atom is -0.493 e. The quantitative estimate of drug-likeness (QED) is 0.846. The summed E-state index contributed by atoms with van der Waals surface area (Å²) in [6, 6.07) is 6.61. The van der Waals surface area contributed by atoms with E-state index in [4.69, 9.17) is 9.47 Å². The molecule has 0 saturated carbocycles. The molecule has 1 atom stereocenters. The van der Waals surface area contributed by atoms with Crippen LogP contribution in [0.2, 0.25) is 0 Å². The summed E-state index contributed by atoms with van der Waals surface area (Å²) in [6.45, 7) is 9.47. The van der Waals surface area contributed by atoms with Gasteiger partial charge in [0.15, 0.2) is 0 Å². The van der Waals surface area contributed by atoms with Crippen LogP contribution in [0, 0.1) is 5.92 Å². The number of hydrogen-bond acceptors (Lipinski definition) is 3. The molecule has 1 aromatic carbocycles. The number of nitrogens with one attached hydrogen (secondary N) is 1. The Bertz CT molecular complexity index is 466. The van der Waals surface area contributed by atoms with E-state index in [1.165, 1.54) is 5.56 Å². The van der Waals surface area contributed by atoms with Crippen LogP contribution in [-0.2, 0) is 0 Å². The number of hydrogen-bond donors (Lipinski definition) is 1. The molecule has 1 aliphatic heterocycles. The summed E-state index contributed by atoms with van der Waals surface area (Å²) in [5.74, 6) is 2.41. The fourth-order valence-corrected chi connectivity index (χ4v) is 2.94. The summed E-state index contributed by atoms with van der Waals surface area (Å²) in [4.78, 5) is 0. The molecule has 1 heterocycles. The predicted molar refractivity (Wildman–Crippen MR) is 87.1 cm³/mol. The first-order valence-electron chi connectivity index (χ1n) is 8.16. The van der Waals surface area contributed by atoms with E-state index in [9.17, 15) is 0 Å². The van der Waals surface area contributed by atoms with Crippen LogP contribution in [0.25, 0.3) is 0 Å². The van der Waals surface area contributed by atoms with E-state index in [0.717, 1.165) is 37.4 Å². The molecule has 0 bridgehead atoms. The molecule has 3 heteroatoms. The molecule has 1 aromatic rings. The Morgan fingerprint density at radius 2 is 2.05 bits per heavy atom. The number of rotatable bonds is 6. The van der Waals surface area contributed by atoms with Gasteiger partial charge in [0.25, 0.3) is 0 Å². The van der Waals surface area contributed by atoms with Crippen molar-refractivity contribution in [2.24, 2.45) is 5.92 Å². The summed E-state index contributed by atoms with van der Waals surface area (Å²) in [6.07, 6.45) is 3.08. The van der Waals surface area contributed by atoms with E-state index >= 15 is 0 Å². The first kappa shape index (κ1) is 16.2. The van der Waals surface area contributed by atoms with Crippen molar-refractivity contribution in [3.63, 3.8) is 0 Å². The summed E-state index contributed by atoms with van der Waals surface area (Å²) in [7, 11) is 2.03. The highest BCUT2D eigenvalue weighted by Gasteiger charge is 2.38. The van der Waals surface area contributed by atoms with Crippen LogP contribution >= 0.6 is 0 Å². The van der Waals surface area contributed by atoms with Gasteiger partial charge in [-0.25, -0.2) is 0 Å². The zero-order chi connectivity index (χ0) is 15.5. The van der Waals surface area contributed by atoms with Crippen molar-refractivity contribution in [3.8, 4) is 11.5 Å². The van der Waals surface area contributed by atoms with Crippen LogP contribution in [0.1, 0.15) is 58.6 Å². The standard InChI is InChI=1S/C18H29NO2/c1-6-18(7-2)11-16(19-5)15-9-8-14(10-17(15)21-18)20-12-13(3)4/h8-10,13,16,19H,6-7,11-12H2,1-5H3. The molecule has 0 saturated heterocycles. The third kappa shape index (κ3) is 3.52. The minimum absolute atomic E-state index is 0.0582. The predicted octanol–water partition coefficient (Wildman–Crippen LogP) is 4.32. The van der Waals surface area contributed by atoms with Gasteiger partial charge in [-0.15, -0.1) is 0 Å². The summed E-state index contributed by atoms with van der Waals surface area (Å²) in [5, 5.41) is 3.43. The van der Waals surface area contributed by atoms with E-state index in [1.54, 1.807) is 0 Å². The lowest BCUT2D eigenvalue weighted by molar-refractivity contribution is 0.0236. The van der Waals surface area contributed by atoms with Crippen LogP contribution in [0.5, 0.6) is 11.5 Å². The largest absolute Gasteiger partial charge is 0.493 e. The molecule has 0 spiro atoms.